The molecule has 3 rings (SSSR count). The summed E-state index contributed by atoms with van der Waals surface area (Å²) < 4.78 is 10.4. The quantitative estimate of drug-likeness (QED) is 0.652. The second kappa shape index (κ2) is 10.2. The molecule has 0 atom stereocenters. The van der Waals surface area contributed by atoms with E-state index in [1.165, 1.54) is 0 Å². The van der Waals surface area contributed by atoms with Gasteiger partial charge in [-0.25, -0.2) is 0 Å². The van der Waals surface area contributed by atoms with E-state index in [4.69, 9.17) is 9.26 Å². The molecule has 152 valence electrons. The van der Waals surface area contributed by atoms with Gasteiger partial charge >= 0.3 is 0 Å². The maximum Gasteiger partial charge on any atom is 0.227 e. The Bertz CT molecular complexity index is 739. The zero-order chi connectivity index (χ0) is 19.8. The summed E-state index contributed by atoms with van der Waals surface area (Å²) in [5, 5.41) is 6.96. The average Bonchev–Trinajstić information content (AvgIpc) is 3.20. The lowest BCUT2D eigenvalue weighted by Gasteiger charge is -2.32. The van der Waals surface area contributed by atoms with Crippen LogP contribution in [0.3, 0.4) is 0 Å². The molecule has 0 saturated carbocycles. The summed E-state index contributed by atoms with van der Waals surface area (Å²) in [6.45, 7) is 6.19. The molecule has 1 amide bonds. The van der Waals surface area contributed by atoms with E-state index < -0.39 is 0 Å². The fourth-order valence-corrected chi connectivity index (χ4v) is 3.12. The second-order valence-electron chi connectivity index (χ2n) is 7.09. The summed E-state index contributed by atoms with van der Waals surface area (Å²) in [7, 11) is 3.78. The predicted molar refractivity (Wildman–Crippen MR) is 106 cm³/mol. The Hall–Kier alpha value is -2.45. The van der Waals surface area contributed by atoms with Crippen LogP contribution in [0.2, 0.25) is 0 Å². The topological polar surface area (TPSA) is 83.7 Å². The molecular weight excluding hydrogens is 358 g/mol. The number of amides is 1. The third-order valence-corrected chi connectivity index (χ3v) is 4.95. The number of likely N-dealkylation sites (N-methyl/N-ethyl adjacent to an activating group) is 1. The first-order chi connectivity index (χ1) is 13.6. The van der Waals surface area contributed by atoms with Gasteiger partial charge in [0.2, 0.25) is 17.6 Å². The molecule has 1 saturated heterocycles. The fraction of sp³-hybridized carbons (Fsp3) is 0.550. The molecule has 1 aromatic heterocycles. The van der Waals surface area contributed by atoms with Gasteiger partial charge in [-0.3, -0.25) is 4.79 Å². The van der Waals surface area contributed by atoms with Crippen LogP contribution < -0.4 is 10.1 Å². The van der Waals surface area contributed by atoms with Crippen LogP contribution in [-0.2, 0) is 11.2 Å². The van der Waals surface area contributed by atoms with Crippen molar-refractivity contribution in [1.29, 1.82) is 0 Å². The molecule has 1 fully saturated rings. The fourth-order valence-electron chi connectivity index (χ4n) is 3.12. The molecule has 2 heterocycles. The number of carbonyl (C=O) groups is 1. The minimum atomic E-state index is 0.0163. The highest BCUT2D eigenvalue weighted by Crippen LogP contribution is 2.19. The minimum absolute atomic E-state index is 0.0163. The zero-order valence-electron chi connectivity index (χ0n) is 16.7. The number of nitrogens with zero attached hydrogens (tertiary/aromatic N) is 4. The molecule has 1 aliphatic rings. The Balaban J connectivity index is 1.34. The van der Waals surface area contributed by atoms with Crippen molar-refractivity contribution in [2.24, 2.45) is 0 Å². The van der Waals surface area contributed by atoms with Crippen molar-refractivity contribution in [2.45, 2.75) is 19.3 Å². The van der Waals surface area contributed by atoms with Crippen molar-refractivity contribution in [2.75, 3.05) is 53.4 Å². The molecule has 28 heavy (non-hydrogen) atoms. The van der Waals surface area contributed by atoms with E-state index in [2.05, 4.69) is 32.3 Å². The highest BCUT2D eigenvalue weighted by molar-refractivity contribution is 5.76. The van der Waals surface area contributed by atoms with Crippen molar-refractivity contribution < 1.29 is 14.1 Å². The van der Waals surface area contributed by atoms with Gasteiger partial charge in [0.05, 0.1) is 7.11 Å². The number of piperazine rings is 1. The lowest BCUT2D eigenvalue weighted by Crippen LogP contribution is -2.45. The lowest BCUT2D eigenvalue weighted by atomic mass is 10.2. The van der Waals surface area contributed by atoms with E-state index >= 15 is 0 Å². The number of hydrogen-bond acceptors (Lipinski definition) is 7. The van der Waals surface area contributed by atoms with Gasteiger partial charge < -0.3 is 24.4 Å². The minimum Gasteiger partial charge on any atom is -0.497 e. The van der Waals surface area contributed by atoms with Crippen LogP contribution in [0, 0.1) is 0 Å². The molecule has 8 heteroatoms. The number of rotatable bonds is 9. The first kappa shape index (κ1) is 20.3. The predicted octanol–water partition coefficient (Wildman–Crippen LogP) is 1.43. The van der Waals surface area contributed by atoms with E-state index in [1.54, 1.807) is 7.11 Å². The summed E-state index contributed by atoms with van der Waals surface area (Å²) in [6.07, 6.45) is 1.75. The number of aromatic nitrogens is 2. The largest absolute Gasteiger partial charge is 0.497 e. The zero-order valence-corrected chi connectivity index (χ0v) is 16.7. The van der Waals surface area contributed by atoms with Gasteiger partial charge in [-0.1, -0.05) is 5.16 Å². The van der Waals surface area contributed by atoms with E-state index in [1.807, 2.05) is 24.3 Å². The Kier molecular flexibility index (Phi) is 7.39. The Morgan fingerprint density at radius 1 is 1.21 bits per heavy atom. The summed E-state index contributed by atoms with van der Waals surface area (Å²) >= 11 is 0. The van der Waals surface area contributed by atoms with Gasteiger partial charge in [-0.05, 0) is 44.3 Å². The monoisotopic (exact) mass is 387 g/mol. The summed E-state index contributed by atoms with van der Waals surface area (Å²) in [5.74, 6) is 1.78. The molecule has 2 aromatic rings. The molecule has 1 aromatic carbocycles. The van der Waals surface area contributed by atoms with Gasteiger partial charge in [0.15, 0.2) is 0 Å². The molecule has 8 nitrogen and oxygen atoms in total. The van der Waals surface area contributed by atoms with Crippen LogP contribution in [0.25, 0.3) is 11.4 Å². The molecule has 0 spiro atoms. The second-order valence-corrected chi connectivity index (χ2v) is 7.09. The van der Waals surface area contributed by atoms with Gasteiger partial charge in [0, 0.05) is 51.1 Å². The third kappa shape index (κ3) is 6.03. The van der Waals surface area contributed by atoms with Gasteiger partial charge in [-0.15, -0.1) is 0 Å². The lowest BCUT2D eigenvalue weighted by molar-refractivity contribution is -0.121. The Morgan fingerprint density at radius 3 is 2.68 bits per heavy atom. The van der Waals surface area contributed by atoms with Crippen molar-refractivity contribution in [3.63, 3.8) is 0 Å². The maximum atomic E-state index is 12.0. The normalized spacial score (nSPS) is 15.5. The van der Waals surface area contributed by atoms with Crippen LogP contribution in [0.15, 0.2) is 28.8 Å². The van der Waals surface area contributed by atoms with Crippen molar-refractivity contribution in [3.05, 3.63) is 30.2 Å². The number of nitrogens with one attached hydrogen (secondary N) is 1. The molecule has 0 bridgehead atoms. The maximum absolute atomic E-state index is 12.0. The summed E-state index contributed by atoms with van der Waals surface area (Å²) in [5.41, 5.74) is 0.851. The van der Waals surface area contributed by atoms with Crippen LogP contribution in [0.1, 0.15) is 18.7 Å². The van der Waals surface area contributed by atoms with Crippen molar-refractivity contribution in [1.82, 2.24) is 25.3 Å². The standard InChI is InChI=1S/C20H29N5O3/c1-24-12-14-25(15-13-24)11-3-10-21-18(26)8-9-19-22-20(23-28-19)16-4-6-17(27-2)7-5-16/h4-7H,3,8-15H2,1-2H3,(H,21,26). The first-order valence-corrected chi connectivity index (χ1v) is 9.78. The number of aryl methyl sites for hydroxylation is 1. The summed E-state index contributed by atoms with van der Waals surface area (Å²) in [4.78, 5) is 21.2. The van der Waals surface area contributed by atoms with E-state index in [9.17, 15) is 4.79 Å². The van der Waals surface area contributed by atoms with Gasteiger partial charge in [0.1, 0.15) is 5.75 Å². The van der Waals surface area contributed by atoms with Crippen LogP contribution >= 0.6 is 0 Å². The number of ether oxygens (including phenoxy) is 1. The number of methoxy groups -OCH3 is 1. The third-order valence-electron chi connectivity index (χ3n) is 4.95. The van der Waals surface area contributed by atoms with Gasteiger partial charge in [-0.2, -0.15) is 4.98 Å². The highest BCUT2D eigenvalue weighted by Gasteiger charge is 2.13. The summed E-state index contributed by atoms with van der Waals surface area (Å²) in [6, 6.07) is 7.45. The van der Waals surface area contributed by atoms with Crippen LogP contribution in [-0.4, -0.2) is 79.3 Å². The van der Waals surface area contributed by atoms with E-state index in [0.717, 1.165) is 50.5 Å². The Morgan fingerprint density at radius 2 is 1.96 bits per heavy atom. The van der Waals surface area contributed by atoms with E-state index in [0.29, 0.717) is 31.1 Å². The molecule has 1 N–H and O–H groups in total. The van der Waals surface area contributed by atoms with Crippen LogP contribution in [0.4, 0.5) is 0 Å². The molecule has 0 aliphatic carbocycles. The molecule has 0 unspecified atom stereocenters. The average molecular weight is 387 g/mol. The van der Waals surface area contributed by atoms with Crippen molar-refractivity contribution in [3.8, 4) is 17.1 Å². The Labute approximate surface area is 165 Å². The molecule has 1 aliphatic heterocycles. The SMILES string of the molecule is COc1ccc(-c2noc(CCC(=O)NCCCN3CCN(C)CC3)n2)cc1. The number of hydrogen-bond donors (Lipinski definition) is 1. The first-order valence-electron chi connectivity index (χ1n) is 9.78. The van der Waals surface area contributed by atoms with E-state index in [-0.39, 0.29) is 5.91 Å². The highest BCUT2D eigenvalue weighted by atomic mass is 16.5. The molecule has 0 radical (unpaired) electrons. The molecular formula is C20H29N5O3. The smallest absolute Gasteiger partial charge is 0.227 e. The number of carbonyl (C=O) groups excluding carboxylic acids is 1. The van der Waals surface area contributed by atoms with Crippen LogP contribution in [0.5, 0.6) is 5.75 Å². The van der Waals surface area contributed by atoms with Crippen molar-refractivity contribution >= 4 is 5.91 Å². The number of benzene rings is 1. The van der Waals surface area contributed by atoms with Gasteiger partial charge in [0.25, 0.3) is 0 Å².